The average Bonchev–Trinajstić information content (AvgIpc) is 3.32. The predicted octanol–water partition coefficient (Wildman–Crippen LogP) is 8.62. The Kier molecular flexibility index (Phi) is 3.85. The molecule has 6 rings (SSSR count). The summed E-state index contributed by atoms with van der Waals surface area (Å²) in [6.45, 7) is 8.96. The van der Waals surface area contributed by atoms with E-state index in [1.165, 1.54) is 32.0 Å². The molecule has 0 N–H and O–H groups in total. The number of pyridine rings is 1. The van der Waals surface area contributed by atoms with Gasteiger partial charge in [0.05, 0.1) is 4.70 Å². The van der Waals surface area contributed by atoms with Crippen LogP contribution in [0.5, 0.6) is 0 Å². The van der Waals surface area contributed by atoms with Crippen molar-refractivity contribution in [3.05, 3.63) is 77.3 Å². The van der Waals surface area contributed by atoms with Crippen LogP contribution in [0.4, 0.5) is 0 Å². The SMILES string of the molecule is Cc1csc2c1ccc1c3ccnc(-c4cc(C(C)(C)C)c5ccccc5c4)c3oc12. The number of benzene rings is 3. The quantitative estimate of drug-likeness (QED) is 0.265. The van der Waals surface area contributed by atoms with Crippen LogP contribution in [0.15, 0.2) is 70.6 Å². The van der Waals surface area contributed by atoms with Crippen LogP contribution < -0.4 is 0 Å². The van der Waals surface area contributed by atoms with Gasteiger partial charge in [0.15, 0.2) is 11.2 Å². The number of fused-ring (bicyclic) bond motifs is 6. The van der Waals surface area contributed by atoms with Gasteiger partial charge in [0.1, 0.15) is 5.69 Å². The average molecular weight is 422 g/mol. The van der Waals surface area contributed by atoms with Crippen molar-refractivity contribution in [1.29, 1.82) is 0 Å². The monoisotopic (exact) mass is 421 g/mol. The molecule has 6 aromatic rings. The Labute approximate surface area is 185 Å². The van der Waals surface area contributed by atoms with E-state index in [1.54, 1.807) is 11.3 Å². The van der Waals surface area contributed by atoms with Crippen LogP contribution in [-0.4, -0.2) is 4.98 Å². The van der Waals surface area contributed by atoms with Crippen LogP contribution in [-0.2, 0) is 5.41 Å². The molecular formula is C28H23NOS. The highest BCUT2D eigenvalue weighted by atomic mass is 32.1. The summed E-state index contributed by atoms with van der Waals surface area (Å²) >= 11 is 1.75. The molecule has 0 radical (unpaired) electrons. The second kappa shape index (κ2) is 6.41. The lowest BCUT2D eigenvalue weighted by molar-refractivity contribution is 0.596. The number of rotatable bonds is 1. The molecule has 31 heavy (non-hydrogen) atoms. The number of thiophene rings is 1. The molecule has 3 aromatic heterocycles. The Morgan fingerprint density at radius 3 is 2.45 bits per heavy atom. The third kappa shape index (κ3) is 2.73. The molecule has 0 atom stereocenters. The van der Waals surface area contributed by atoms with Crippen LogP contribution in [0.1, 0.15) is 31.9 Å². The van der Waals surface area contributed by atoms with Crippen molar-refractivity contribution >= 4 is 54.1 Å². The maximum Gasteiger partial charge on any atom is 0.161 e. The number of aromatic nitrogens is 1. The molecule has 0 saturated carbocycles. The summed E-state index contributed by atoms with van der Waals surface area (Å²) in [5.74, 6) is 0. The highest BCUT2D eigenvalue weighted by Gasteiger charge is 2.21. The lowest BCUT2D eigenvalue weighted by Gasteiger charge is -2.22. The molecule has 0 spiro atoms. The molecule has 0 fully saturated rings. The third-order valence-corrected chi connectivity index (χ3v) is 7.35. The molecule has 0 amide bonds. The first kappa shape index (κ1) is 18.6. The summed E-state index contributed by atoms with van der Waals surface area (Å²) in [4.78, 5) is 4.80. The smallest absolute Gasteiger partial charge is 0.161 e. The van der Waals surface area contributed by atoms with E-state index in [0.29, 0.717) is 0 Å². The Morgan fingerprint density at radius 2 is 1.61 bits per heavy atom. The number of hydrogen-bond donors (Lipinski definition) is 0. The minimum absolute atomic E-state index is 0.0258. The normalized spacial score (nSPS) is 12.5. The fourth-order valence-corrected chi connectivity index (χ4v) is 5.69. The molecule has 2 nitrogen and oxygen atoms in total. The van der Waals surface area contributed by atoms with E-state index >= 15 is 0 Å². The van der Waals surface area contributed by atoms with Crippen molar-refractivity contribution in [3.8, 4) is 11.3 Å². The maximum absolute atomic E-state index is 6.55. The van der Waals surface area contributed by atoms with Gasteiger partial charge in [-0.15, -0.1) is 11.3 Å². The molecule has 0 unspecified atom stereocenters. The fraction of sp³-hybridized carbons (Fsp3) is 0.179. The highest BCUT2D eigenvalue weighted by molar-refractivity contribution is 7.18. The van der Waals surface area contributed by atoms with Gasteiger partial charge in [-0.3, -0.25) is 4.98 Å². The summed E-state index contributed by atoms with van der Waals surface area (Å²) in [7, 11) is 0. The zero-order valence-electron chi connectivity index (χ0n) is 18.1. The molecule has 3 heterocycles. The number of nitrogens with zero attached hydrogens (tertiary/aromatic N) is 1. The second-order valence-corrected chi connectivity index (χ2v) is 10.3. The van der Waals surface area contributed by atoms with Gasteiger partial charge >= 0.3 is 0 Å². The molecule has 0 aliphatic heterocycles. The van der Waals surface area contributed by atoms with E-state index < -0.39 is 0 Å². The van der Waals surface area contributed by atoms with Gasteiger partial charge in [-0.2, -0.15) is 0 Å². The van der Waals surface area contributed by atoms with E-state index in [4.69, 9.17) is 9.40 Å². The first-order valence-corrected chi connectivity index (χ1v) is 11.5. The highest BCUT2D eigenvalue weighted by Crippen LogP contribution is 2.42. The standard InChI is InChI=1S/C28H23NOS/c1-16-15-31-27-19(16)9-10-21-22-11-12-29-24(25(22)30-26(21)27)18-13-17-7-5-6-8-20(17)23(14-18)28(2,3)4/h5-15H,1-4H3. The third-order valence-electron chi connectivity index (χ3n) is 6.23. The largest absolute Gasteiger partial charge is 0.452 e. The van der Waals surface area contributed by atoms with Gasteiger partial charge in [-0.1, -0.05) is 51.1 Å². The predicted molar refractivity (Wildman–Crippen MR) is 133 cm³/mol. The second-order valence-electron chi connectivity index (χ2n) is 9.37. The molecular weight excluding hydrogens is 398 g/mol. The summed E-state index contributed by atoms with van der Waals surface area (Å²) in [6.07, 6.45) is 1.91. The Bertz CT molecular complexity index is 1630. The van der Waals surface area contributed by atoms with Crippen molar-refractivity contribution in [1.82, 2.24) is 4.98 Å². The zero-order valence-corrected chi connectivity index (χ0v) is 18.9. The number of aryl methyl sites for hydroxylation is 1. The molecule has 0 bridgehead atoms. The van der Waals surface area contributed by atoms with Gasteiger partial charge in [0, 0.05) is 22.5 Å². The lowest BCUT2D eigenvalue weighted by atomic mass is 9.82. The van der Waals surface area contributed by atoms with Gasteiger partial charge in [-0.25, -0.2) is 0 Å². The van der Waals surface area contributed by atoms with Crippen LogP contribution in [0.25, 0.3) is 54.1 Å². The lowest BCUT2D eigenvalue weighted by Crippen LogP contribution is -2.12. The van der Waals surface area contributed by atoms with Crippen molar-refractivity contribution < 1.29 is 4.42 Å². The van der Waals surface area contributed by atoms with E-state index in [1.807, 2.05) is 6.20 Å². The molecule has 0 saturated heterocycles. The molecule has 0 aliphatic rings. The first-order valence-electron chi connectivity index (χ1n) is 10.6. The minimum atomic E-state index is 0.0258. The zero-order chi connectivity index (χ0) is 21.3. The summed E-state index contributed by atoms with van der Waals surface area (Å²) in [5.41, 5.74) is 6.50. The van der Waals surface area contributed by atoms with Crippen LogP contribution in [0.2, 0.25) is 0 Å². The van der Waals surface area contributed by atoms with E-state index in [-0.39, 0.29) is 5.41 Å². The Hall–Kier alpha value is -3.17. The number of hydrogen-bond acceptors (Lipinski definition) is 3. The van der Waals surface area contributed by atoms with Crippen LogP contribution in [0, 0.1) is 6.92 Å². The van der Waals surface area contributed by atoms with Crippen molar-refractivity contribution in [2.24, 2.45) is 0 Å². The summed E-state index contributed by atoms with van der Waals surface area (Å²) < 4.78 is 7.76. The number of furan rings is 1. The Morgan fingerprint density at radius 1 is 0.839 bits per heavy atom. The summed E-state index contributed by atoms with van der Waals surface area (Å²) in [6, 6.07) is 19.6. The maximum atomic E-state index is 6.55. The van der Waals surface area contributed by atoms with Gasteiger partial charge in [-0.05, 0) is 69.3 Å². The van der Waals surface area contributed by atoms with Gasteiger partial charge in [0.2, 0.25) is 0 Å². The van der Waals surface area contributed by atoms with Gasteiger partial charge in [0.25, 0.3) is 0 Å². The van der Waals surface area contributed by atoms with Gasteiger partial charge < -0.3 is 4.42 Å². The summed E-state index contributed by atoms with van der Waals surface area (Å²) in [5, 5.41) is 8.28. The minimum Gasteiger partial charge on any atom is -0.452 e. The van der Waals surface area contributed by atoms with E-state index in [0.717, 1.165) is 33.2 Å². The molecule has 3 heteroatoms. The van der Waals surface area contributed by atoms with Crippen molar-refractivity contribution in [2.45, 2.75) is 33.1 Å². The van der Waals surface area contributed by atoms with E-state index in [2.05, 4.69) is 87.7 Å². The van der Waals surface area contributed by atoms with Crippen LogP contribution in [0.3, 0.4) is 0 Å². The molecule has 152 valence electrons. The van der Waals surface area contributed by atoms with Crippen LogP contribution >= 0.6 is 11.3 Å². The Balaban J connectivity index is 1.70. The van der Waals surface area contributed by atoms with E-state index in [9.17, 15) is 0 Å². The van der Waals surface area contributed by atoms with Crippen molar-refractivity contribution in [3.63, 3.8) is 0 Å². The topological polar surface area (TPSA) is 26.0 Å². The first-order chi connectivity index (χ1) is 14.9. The van der Waals surface area contributed by atoms with Crippen molar-refractivity contribution in [2.75, 3.05) is 0 Å². The molecule has 3 aromatic carbocycles. The fourth-order valence-electron chi connectivity index (χ4n) is 4.65. The molecule has 0 aliphatic carbocycles.